The zero-order chi connectivity index (χ0) is 21.9. The van der Waals surface area contributed by atoms with Crippen LogP contribution in [0.2, 0.25) is 0 Å². The fraction of sp³-hybridized carbons (Fsp3) is 0.0667. The van der Waals surface area contributed by atoms with Gasteiger partial charge in [-0.2, -0.15) is 0 Å². The van der Waals surface area contributed by atoms with Crippen molar-refractivity contribution in [1.29, 1.82) is 0 Å². The number of benzene rings is 4. The molecule has 5 aromatic rings. The molecule has 3 heteroatoms. The molecule has 33 heavy (non-hydrogen) atoms. The minimum Gasteiger partial charge on any atom is -0.483 e. The normalized spacial score (nSPS) is 19.1. The second-order valence-corrected chi connectivity index (χ2v) is 9.56. The lowest BCUT2D eigenvalue weighted by atomic mass is 9.80. The molecular weight excluding hydrogens is 470 g/mol. The summed E-state index contributed by atoms with van der Waals surface area (Å²) in [5, 5.41) is 2.50. The van der Waals surface area contributed by atoms with Gasteiger partial charge >= 0.3 is 0 Å². The SMILES string of the molecule is Brc1ccc2c3ccccc3n(C3=CC=C(c4ccccc4)C4c5ccccc5OC34)c2c1. The predicted molar refractivity (Wildman–Crippen MR) is 139 cm³/mol. The second kappa shape index (κ2) is 7.23. The maximum atomic E-state index is 6.69. The van der Waals surface area contributed by atoms with Crippen molar-refractivity contribution < 1.29 is 4.74 Å². The number of halogens is 1. The van der Waals surface area contributed by atoms with E-state index < -0.39 is 0 Å². The van der Waals surface area contributed by atoms with Gasteiger partial charge in [0.05, 0.1) is 22.6 Å². The molecule has 0 N–H and O–H groups in total. The molecule has 7 rings (SSSR count). The van der Waals surface area contributed by atoms with Crippen LogP contribution in [-0.2, 0) is 0 Å². The van der Waals surface area contributed by atoms with Crippen LogP contribution in [0.1, 0.15) is 17.0 Å². The highest BCUT2D eigenvalue weighted by Crippen LogP contribution is 2.51. The number of hydrogen-bond donors (Lipinski definition) is 0. The van der Waals surface area contributed by atoms with Gasteiger partial charge in [-0.1, -0.05) is 94.8 Å². The van der Waals surface area contributed by atoms with Crippen LogP contribution in [0.3, 0.4) is 0 Å². The summed E-state index contributed by atoms with van der Waals surface area (Å²) in [6.07, 6.45) is 4.44. The monoisotopic (exact) mass is 489 g/mol. The van der Waals surface area contributed by atoms with Crippen LogP contribution in [0, 0.1) is 0 Å². The average Bonchev–Trinajstić information content (AvgIpc) is 3.40. The maximum absolute atomic E-state index is 6.69. The Balaban J connectivity index is 1.52. The molecule has 2 atom stereocenters. The van der Waals surface area contributed by atoms with E-state index in [4.69, 9.17) is 4.74 Å². The lowest BCUT2D eigenvalue weighted by molar-refractivity contribution is 0.275. The molecule has 0 amide bonds. The standard InChI is InChI=1S/C30H20BrNO/c31-20-14-15-23-22-10-4-6-12-25(22)32(27(23)18-20)26-17-16-21(19-8-2-1-3-9-19)29-24-11-5-7-13-28(24)33-30(26)29/h1-18,29-30H. The van der Waals surface area contributed by atoms with E-state index in [0.717, 1.165) is 10.2 Å². The van der Waals surface area contributed by atoms with Crippen molar-refractivity contribution in [2.75, 3.05) is 0 Å². The fourth-order valence-electron chi connectivity index (χ4n) is 5.48. The smallest absolute Gasteiger partial charge is 0.150 e. The number of para-hydroxylation sites is 2. The van der Waals surface area contributed by atoms with Crippen molar-refractivity contribution in [2.24, 2.45) is 0 Å². The van der Waals surface area contributed by atoms with Crippen LogP contribution in [0.4, 0.5) is 0 Å². The topological polar surface area (TPSA) is 14.2 Å². The Labute approximate surface area is 200 Å². The molecule has 2 heterocycles. The summed E-state index contributed by atoms with van der Waals surface area (Å²) < 4.78 is 10.1. The number of rotatable bonds is 2. The summed E-state index contributed by atoms with van der Waals surface area (Å²) in [6.45, 7) is 0. The molecule has 0 spiro atoms. The molecule has 4 aromatic carbocycles. The quantitative estimate of drug-likeness (QED) is 0.244. The van der Waals surface area contributed by atoms with Crippen molar-refractivity contribution in [1.82, 2.24) is 4.57 Å². The first-order valence-corrected chi connectivity index (χ1v) is 12.0. The van der Waals surface area contributed by atoms with Crippen LogP contribution < -0.4 is 4.74 Å². The zero-order valence-electron chi connectivity index (χ0n) is 17.8. The minimum atomic E-state index is -0.0967. The van der Waals surface area contributed by atoms with E-state index in [1.54, 1.807) is 0 Å². The van der Waals surface area contributed by atoms with Gasteiger partial charge in [-0.15, -0.1) is 0 Å². The van der Waals surface area contributed by atoms with Crippen LogP contribution in [-0.4, -0.2) is 10.7 Å². The van der Waals surface area contributed by atoms with Gasteiger partial charge in [0.15, 0.2) is 0 Å². The van der Waals surface area contributed by atoms with Gasteiger partial charge in [-0.3, -0.25) is 0 Å². The average molecular weight is 490 g/mol. The molecule has 0 saturated carbocycles. The van der Waals surface area contributed by atoms with E-state index in [-0.39, 0.29) is 12.0 Å². The molecule has 1 aromatic heterocycles. The maximum Gasteiger partial charge on any atom is 0.150 e. The lowest BCUT2D eigenvalue weighted by Crippen LogP contribution is -2.27. The predicted octanol–water partition coefficient (Wildman–Crippen LogP) is 8.04. The number of hydrogen-bond acceptors (Lipinski definition) is 1. The molecule has 0 bridgehead atoms. The molecule has 1 aliphatic heterocycles. The third-order valence-electron chi connectivity index (χ3n) is 6.87. The van der Waals surface area contributed by atoms with Gasteiger partial charge in [0.2, 0.25) is 0 Å². The molecule has 2 nitrogen and oxygen atoms in total. The van der Waals surface area contributed by atoms with Gasteiger partial charge in [0, 0.05) is 20.8 Å². The number of aromatic nitrogens is 1. The van der Waals surface area contributed by atoms with Crippen LogP contribution >= 0.6 is 15.9 Å². The summed E-state index contributed by atoms with van der Waals surface area (Å²) >= 11 is 3.69. The Morgan fingerprint density at radius 1 is 0.697 bits per heavy atom. The number of allylic oxidation sites excluding steroid dienone is 2. The summed E-state index contributed by atoms with van der Waals surface area (Å²) in [7, 11) is 0. The van der Waals surface area contributed by atoms with Crippen molar-refractivity contribution in [2.45, 2.75) is 12.0 Å². The third-order valence-corrected chi connectivity index (χ3v) is 7.37. The van der Waals surface area contributed by atoms with Crippen LogP contribution in [0.25, 0.3) is 33.1 Å². The summed E-state index contributed by atoms with van der Waals surface area (Å²) in [5.41, 5.74) is 7.35. The zero-order valence-corrected chi connectivity index (χ0v) is 19.4. The largest absolute Gasteiger partial charge is 0.483 e. The molecular formula is C30H20BrNO. The van der Waals surface area contributed by atoms with Crippen molar-refractivity contribution in [3.63, 3.8) is 0 Å². The van der Waals surface area contributed by atoms with Crippen LogP contribution in [0.5, 0.6) is 5.75 Å². The summed E-state index contributed by atoms with van der Waals surface area (Å²) in [4.78, 5) is 0. The summed E-state index contributed by atoms with van der Waals surface area (Å²) in [5.74, 6) is 1.12. The van der Waals surface area contributed by atoms with Gasteiger partial charge < -0.3 is 9.30 Å². The Bertz CT molecular complexity index is 1610. The number of fused-ring (bicyclic) bond motifs is 6. The van der Waals surface area contributed by atoms with Crippen LogP contribution in [0.15, 0.2) is 114 Å². The van der Waals surface area contributed by atoms with E-state index >= 15 is 0 Å². The van der Waals surface area contributed by atoms with E-state index in [1.165, 1.54) is 44.2 Å². The number of nitrogens with zero attached hydrogens (tertiary/aromatic N) is 1. The van der Waals surface area contributed by atoms with Gasteiger partial charge in [-0.05, 0) is 41.5 Å². The molecule has 0 radical (unpaired) electrons. The second-order valence-electron chi connectivity index (χ2n) is 8.65. The highest BCUT2D eigenvalue weighted by molar-refractivity contribution is 9.10. The molecule has 0 fully saturated rings. The van der Waals surface area contributed by atoms with Gasteiger partial charge in [0.25, 0.3) is 0 Å². The summed E-state index contributed by atoms with van der Waals surface area (Å²) in [6, 6.07) is 34.3. The fourth-order valence-corrected chi connectivity index (χ4v) is 5.83. The van der Waals surface area contributed by atoms with Crippen molar-refractivity contribution >= 4 is 49.0 Å². The Morgan fingerprint density at radius 2 is 1.45 bits per heavy atom. The van der Waals surface area contributed by atoms with Gasteiger partial charge in [-0.25, -0.2) is 0 Å². The number of ether oxygens (including phenoxy) is 1. The highest BCUT2D eigenvalue weighted by Gasteiger charge is 2.42. The molecule has 2 unspecified atom stereocenters. The molecule has 2 aliphatic rings. The van der Waals surface area contributed by atoms with E-state index in [0.29, 0.717) is 0 Å². The van der Waals surface area contributed by atoms with Crippen molar-refractivity contribution in [3.05, 3.63) is 125 Å². The third kappa shape index (κ3) is 2.79. The van der Waals surface area contributed by atoms with Gasteiger partial charge in [0.1, 0.15) is 11.9 Å². The Kier molecular flexibility index (Phi) is 4.15. The molecule has 1 aliphatic carbocycles. The molecule has 158 valence electrons. The van der Waals surface area contributed by atoms with E-state index in [9.17, 15) is 0 Å². The first-order chi connectivity index (χ1) is 16.3. The first kappa shape index (κ1) is 19.0. The Hall–Kier alpha value is -3.56. The first-order valence-electron chi connectivity index (χ1n) is 11.2. The van der Waals surface area contributed by atoms with Crippen molar-refractivity contribution in [3.8, 4) is 5.75 Å². The van der Waals surface area contributed by atoms with E-state index in [2.05, 4.69) is 130 Å². The lowest BCUT2D eigenvalue weighted by Gasteiger charge is -2.29. The minimum absolute atomic E-state index is 0.0967. The highest BCUT2D eigenvalue weighted by atomic mass is 79.9. The van der Waals surface area contributed by atoms with E-state index in [1.807, 2.05) is 0 Å². The Morgan fingerprint density at radius 3 is 2.36 bits per heavy atom. The molecule has 0 saturated heterocycles.